The van der Waals surface area contributed by atoms with E-state index in [9.17, 15) is 4.79 Å². The zero-order valence-corrected chi connectivity index (χ0v) is 10.8. The van der Waals surface area contributed by atoms with Crippen LogP contribution in [-0.4, -0.2) is 11.1 Å². The van der Waals surface area contributed by atoms with Crippen molar-refractivity contribution in [2.45, 2.75) is 13.3 Å². The Balaban J connectivity index is 2.21. The number of hydrogen-bond acceptors (Lipinski definition) is 3. The quantitative estimate of drug-likeness (QED) is 0.945. The third kappa shape index (κ3) is 2.74. The molecule has 0 bridgehead atoms. The maximum Gasteiger partial charge on any atom is 0.294 e. The molecular formula is C12H11BrN2O2. The average molecular weight is 295 g/mol. The monoisotopic (exact) mass is 294 g/mol. The third-order valence-electron chi connectivity index (χ3n) is 2.36. The lowest BCUT2D eigenvalue weighted by Crippen LogP contribution is -2.12. The largest absolute Gasteiger partial charge is 0.351 e. The summed E-state index contributed by atoms with van der Waals surface area (Å²) in [5.74, 6) is -0.0884. The number of anilines is 1. The van der Waals surface area contributed by atoms with E-state index in [1.54, 1.807) is 0 Å². The van der Waals surface area contributed by atoms with Gasteiger partial charge >= 0.3 is 0 Å². The van der Waals surface area contributed by atoms with Crippen LogP contribution >= 0.6 is 15.9 Å². The molecule has 0 atom stereocenters. The Kier molecular flexibility index (Phi) is 3.58. The van der Waals surface area contributed by atoms with E-state index >= 15 is 0 Å². The van der Waals surface area contributed by atoms with Gasteiger partial charge < -0.3 is 9.84 Å². The first kappa shape index (κ1) is 11.9. The minimum absolute atomic E-state index is 0.204. The normalized spacial score (nSPS) is 10.2. The molecule has 0 saturated heterocycles. The molecule has 4 nitrogen and oxygen atoms in total. The molecule has 2 rings (SSSR count). The highest BCUT2D eigenvalue weighted by molar-refractivity contribution is 9.10. The van der Waals surface area contributed by atoms with Crippen LogP contribution in [0.1, 0.15) is 23.0 Å². The Hall–Kier alpha value is -1.62. The van der Waals surface area contributed by atoms with Crippen molar-refractivity contribution >= 4 is 27.5 Å². The van der Waals surface area contributed by atoms with E-state index in [2.05, 4.69) is 26.4 Å². The van der Waals surface area contributed by atoms with Crippen molar-refractivity contribution in [3.05, 3.63) is 46.3 Å². The Labute approximate surface area is 107 Å². The van der Waals surface area contributed by atoms with E-state index in [-0.39, 0.29) is 11.7 Å². The van der Waals surface area contributed by atoms with E-state index in [1.165, 1.54) is 12.3 Å². The molecule has 1 amide bonds. The van der Waals surface area contributed by atoms with Gasteiger partial charge in [0.15, 0.2) is 0 Å². The predicted molar refractivity (Wildman–Crippen MR) is 68.0 cm³/mol. The summed E-state index contributed by atoms with van der Waals surface area (Å²) >= 11 is 3.40. The van der Waals surface area contributed by atoms with Crippen LogP contribution in [-0.2, 0) is 6.42 Å². The molecule has 1 aromatic heterocycles. The van der Waals surface area contributed by atoms with Crippen molar-refractivity contribution in [3.63, 3.8) is 0 Å². The first-order valence-electron chi connectivity index (χ1n) is 5.21. The fraction of sp³-hybridized carbons (Fsp3) is 0.167. The lowest BCUT2D eigenvalue weighted by molar-refractivity contribution is 0.0988. The lowest BCUT2D eigenvalue weighted by Gasteiger charge is -2.08. The highest BCUT2D eigenvalue weighted by Crippen LogP contribution is 2.22. The van der Waals surface area contributed by atoms with E-state index < -0.39 is 0 Å². The highest BCUT2D eigenvalue weighted by atomic mass is 79.9. The summed E-state index contributed by atoms with van der Waals surface area (Å²) in [6, 6.07) is 7.25. The molecule has 5 heteroatoms. The van der Waals surface area contributed by atoms with E-state index in [1.807, 2.05) is 25.1 Å². The molecular weight excluding hydrogens is 284 g/mol. The van der Waals surface area contributed by atoms with Crippen molar-refractivity contribution in [3.8, 4) is 0 Å². The number of hydrogen-bond donors (Lipinski definition) is 1. The van der Waals surface area contributed by atoms with Gasteiger partial charge in [-0.15, -0.1) is 0 Å². The fourth-order valence-electron chi connectivity index (χ4n) is 1.49. The molecule has 0 aliphatic rings. The van der Waals surface area contributed by atoms with Crippen LogP contribution in [0.2, 0.25) is 0 Å². The second-order valence-electron chi connectivity index (χ2n) is 3.49. The van der Waals surface area contributed by atoms with Gasteiger partial charge in [-0.25, -0.2) is 0 Å². The molecule has 1 N–H and O–H groups in total. The van der Waals surface area contributed by atoms with Crippen molar-refractivity contribution in [1.82, 2.24) is 5.16 Å². The molecule has 1 heterocycles. The number of aromatic nitrogens is 1. The fourth-order valence-corrected chi connectivity index (χ4v) is 1.90. The van der Waals surface area contributed by atoms with E-state index in [0.29, 0.717) is 0 Å². The van der Waals surface area contributed by atoms with Crippen molar-refractivity contribution in [1.29, 1.82) is 0 Å². The van der Waals surface area contributed by atoms with Crippen LogP contribution in [0.5, 0.6) is 0 Å². The number of carbonyl (C=O) groups excluding carboxylic acids is 1. The van der Waals surface area contributed by atoms with Crippen LogP contribution < -0.4 is 5.32 Å². The maximum atomic E-state index is 11.8. The predicted octanol–water partition coefficient (Wildman–Crippen LogP) is 3.25. The van der Waals surface area contributed by atoms with Gasteiger partial charge in [0.2, 0.25) is 5.76 Å². The number of halogens is 1. The van der Waals surface area contributed by atoms with Crippen molar-refractivity contribution in [2.24, 2.45) is 0 Å². The summed E-state index contributed by atoms with van der Waals surface area (Å²) < 4.78 is 5.79. The summed E-state index contributed by atoms with van der Waals surface area (Å²) in [5.41, 5.74) is 1.85. The number of amides is 1. The molecule has 0 radical (unpaired) electrons. The summed E-state index contributed by atoms with van der Waals surface area (Å²) in [4.78, 5) is 11.8. The smallest absolute Gasteiger partial charge is 0.294 e. The SMILES string of the molecule is CCc1cc(Br)ccc1NC(=O)c1ccno1. The molecule has 0 aliphatic heterocycles. The maximum absolute atomic E-state index is 11.8. The van der Waals surface area contributed by atoms with Gasteiger partial charge in [-0.2, -0.15) is 0 Å². The van der Waals surface area contributed by atoms with Crippen LogP contribution in [0.25, 0.3) is 0 Å². The van der Waals surface area contributed by atoms with Gasteiger partial charge in [0.1, 0.15) is 0 Å². The van der Waals surface area contributed by atoms with Crippen LogP contribution in [0, 0.1) is 0 Å². The zero-order chi connectivity index (χ0) is 12.3. The Morgan fingerprint density at radius 3 is 2.94 bits per heavy atom. The number of carbonyl (C=O) groups is 1. The van der Waals surface area contributed by atoms with Crippen molar-refractivity contribution < 1.29 is 9.32 Å². The summed E-state index contributed by atoms with van der Waals surface area (Å²) in [5, 5.41) is 6.30. The topological polar surface area (TPSA) is 55.1 Å². The summed E-state index contributed by atoms with van der Waals surface area (Å²) in [6.45, 7) is 2.03. The van der Waals surface area contributed by atoms with Gasteiger partial charge in [-0.05, 0) is 30.2 Å². The number of benzene rings is 1. The number of nitrogens with one attached hydrogen (secondary N) is 1. The second kappa shape index (κ2) is 5.14. The van der Waals surface area contributed by atoms with Gasteiger partial charge in [0.05, 0.1) is 6.20 Å². The standard InChI is InChI=1S/C12H11BrN2O2/c1-2-8-7-9(13)3-4-10(8)15-12(16)11-5-6-14-17-11/h3-7H,2H2,1H3,(H,15,16). The number of aryl methyl sites for hydroxylation is 1. The van der Waals surface area contributed by atoms with Crippen molar-refractivity contribution in [2.75, 3.05) is 5.32 Å². The zero-order valence-electron chi connectivity index (χ0n) is 9.24. The van der Waals surface area contributed by atoms with Gasteiger partial charge in [0, 0.05) is 16.2 Å². The number of nitrogens with zero attached hydrogens (tertiary/aromatic N) is 1. The number of rotatable bonds is 3. The minimum atomic E-state index is -0.292. The van der Waals surface area contributed by atoms with Gasteiger partial charge in [0.25, 0.3) is 5.91 Å². The third-order valence-corrected chi connectivity index (χ3v) is 2.85. The van der Waals surface area contributed by atoms with Gasteiger partial charge in [-0.3, -0.25) is 4.79 Å². The van der Waals surface area contributed by atoms with Gasteiger partial charge in [-0.1, -0.05) is 28.0 Å². The van der Waals surface area contributed by atoms with Crippen LogP contribution in [0.3, 0.4) is 0 Å². The van der Waals surface area contributed by atoms with E-state index in [0.717, 1.165) is 22.1 Å². The highest BCUT2D eigenvalue weighted by Gasteiger charge is 2.11. The molecule has 0 aliphatic carbocycles. The molecule has 17 heavy (non-hydrogen) atoms. The molecule has 0 saturated carbocycles. The van der Waals surface area contributed by atoms with E-state index in [4.69, 9.17) is 4.52 Å². The molecule has 0 unspecified atom stereocenters. The summed E-state index contributed by atoms with van der Waals surface area (Å²) in [6.07, 6.45) is 2.28. The molecule has 88 valence electrons. The summed E-state index contributed by atoms with van der Waals surface area (Å²) in [7, 11) is 0. The molecule has 0 fully saturated rings. The molecule has 2 aromatic rings. The Morgan fingerprint density at radius 1 is 1.47 bits per heavy atom. The first-order valence-corrected chi connectivity index (χ1v) is 6.00. The molecule has 1 aromatic carbocycles. The van der Waals surface area contributed by atoms with Crippen LogP contribution in [0.4, 0.5) is 5.69 Å². The first-order chi connectivity index (χ1) is 8.20. The second-order valence-corrected chi connectivity index (χ2v) is 4.40. The minimum Gasteiger partial charge on any atom is -0.351 e. The Morgan fingerprint density at radius 2 is 2.29 bits per heavy atom. The lowest BCUT2D eigenvalue weighted by atomic mass is 10.1. The van der Waals surface area contributed by atoms with Crippen LogP contribution in [0.15, 0.2) is 39.5 Å². The molecule has 0 spiro atoms. The average Bonchev–Trinajstić information content (AvgIpc) is 2.85. The Bertz CT molecular complexity index is 523.